The highest BCUT2D eigenvalue weighted by Crippen LogP contribution is 2.38. The molecule has 0 spiro atoms. The average molecular weight is 323 g/mol. The van der Waals surface area contributed by atoms with Gasteiger partial charge in [-0.2, -0.15) is 0 Å². The highest BCUT2D eigenvalue weighted by atomic mass is 35.5. The van der Waals surface area contributed by atoms with Gasteiger partial charge in [0.1, 0.15) is 17.5 Å². The Morgan fingerprint density at radius 2 is 1.95 bits per heavy atom. The second kappa shape index (κ2) is 5.20. The number of rotatable bonds is 2. The van der Waals surface area contributed by atoms with Crippen LogP contribution < -0.4 is 4.74 Å². The van der Waals surface area contributed by atoms with Crippen molar-refractivity contribution in [2.24, 2.45) is 0 Å². The number of aliphatic hydroxyl groups is 1. The molecule has 1 heterocycles. The Bertz CT molecular complexity index is 695. The highest BCUT2D eigenvalue weighted by Gasteiger charge is 2.30. The van der Waals surface area contributed by atoms with Gasteiger partial charge in [-0.25, -0.2) is 0 Å². The number of ether oxygens (including phenoxy) is 1. The minimum Gasteiger partial charge on any atom is -0.487 e. The van der Waals surface area contributed by atoms with Crippen LogP contribution in [0.3, 0.4) is 0 Å². The van der Waals surface area contributed by atoms with E-state index >= 15 is 0 Å². The molecule has 21 heavy (non-hydrogen) atoms. The van der Waals surface area contributed by atoms with Crippen LogP contribution in [0, 0.1) is 0 Å². The molecule has 0 bridgehead atoms. The predicted molar refractivity (Wildman–Crippen MR) is 85.4 cm³/mol. The molecular formula is C17H16Cl2O2. The molecule has 1 aliphatic rings. The van der Waals surface area contributed by atoms with Crippen molar-refractivity contribution in [1.82, 2.24) is 0 Å². The van der Waals surface area contributed by atoms with Crippen molar-refractivity contribution in [3.8, 4) is 5.75 Å². The monoisotopic (exact) mass is 322 g/mol. The molecule has 1 aliphatic heterocycles. The van der Waals surface area contributed by atoms with Crippen molar-refractivity contribution in [2.45, 2.75) is 32.0 Å². The lowest BCUT2D eigenvalue weighted by Crippen LogP contribution is -2.24. The van der Waals surface area contributed by atoms with Crippen molar-refractivity contribution in [3.05, 3.63) is 63.1 Å². The Morgan fingerprint density at radius 3 is 2.71 bits per heavy atom. The third-order valence-corrected chi connectivity index (χ3v) is 4.51. The molecule has 0 saturated carbocycles. The van der Waals surface area contributed by atoms with Crippen LogP contribution in [-0.2, 0) is 6.42 Å². The molecule has 2 nitrogen and oxygen atoms in total. The number of halogens is 2. The van der Waals surface area contributed by atoms with Crippen LogP contribution in [0.5, 0.6) is 5.75 Å². The van der Waals surface area contributed by atoms with Crippen LogP contribution >= 0.6 is 23.2 Å². The van der Waals surface area contributed by atoms with Crippen LogP contribution in [0.25, 0.3) is 0 Å². The van der Waals surface area contributed by atoms with Gasteiger partial charge in [0.15, 0.2) is 0 Å². The van der Waals surface area contributed by atoms with Crippen LogP contribution in [-0.4, -0.2) is 10.7 Å². The van der Waals surface area contributed by atoms with Crippen molar-refractivity contribution in [1.29, 1.82) is 0 Å². The topological polar surface area (TPSA) is 29.5 Å². The summed E-state index contributed by atoms with van der Waals surface area (Å²) in [4.78, 5) is 0. The van der Waals surface area contributed by atoms with Crippen LogP contribution in [0.4, 0.5) is 0 Å². The van der Waals surface area contributed by atoms with E-state index in [1.807, 2.05) is 18.2 Å². The Kier molecular flexibility index (Phi) is 3.64. The first-order valence-corrected chi connectivity index (χ1v) is 7.57. The van der Waals surface area contributed by atoms with Gasteiger partial charge in [-0.15, -0.1) is 0 Å². The van der Waals surface area contributed by atoms with E-state index in [1.165, 1.54) is 0 Å². The Morgan fingerprint density at radius 1 is 1.19 bits per heavy atom. The zero-order valence-electron chi connectivity index (χ0n) is 11.9. The molecule has 1 atom stereocenters. The van der Waals surface area contributed by atoms with E-state index in [-0.39, 0.29) is 5.60 Å². The lowest BCUT2D eigenvalue weighted by Gasteiger charge is -2.16. The Balaban J connectivity index is 1.97. The first kappa shape index (κ1) is 14.7. The second-order valence-corrected chi connectivity index (χ2v) is 6.74. The predicted octanol–water partition coefficient (Wildman–Crippen LogP) is 4.79. The molecule has 0 radical (unpaired) electrons. The minimum atomic E-state index is -0.801. The van der Waals surface area contributed by atoms with Gasteiger partial charge in [0.05, 0.1) is 10.0 Å². The molecule has 3 rings (SSSR count). The van der Waals surface area contributed by atoms with E-state index in [9.17, 15) is 5.11 Å². The summed E-state index contributed by atoms with van der Waals surface area (Å²) in [7, 11) is 0. The first-order valence-electron chi connectivity index (χ1n) is 6.81. The molecule has 0 aromatic heterocycles. The van der Waals surface area contributed by atoms with Crippen LogP contribution in [0.15, 0.2) is 36.4 Å². The molecular weight excluding hydrogens is 307 g/mol. The van der Waals surface area contributed by atoms with E-state index in [4.69, 9.17) is 27.9 Å². The fourth-order valence-corrected chi connectivity index (χ4v) is 3.12. The fourth-order valence-electron chi connectivity index (χ4n) is 2.71. The Labute approximate surface area is 134 Å². The molecule has 110 valence electrons. The van der Waals surface area contributed by atoms with Gasteiger partial charge in [0.2, 0.25) is 0 Å². The molecule has 1 unspecified atom stereocenters. The summed E-state index contributed by atoms with van der Waals surface area (Å²) in [5.74, 6) is 0.883. The lowest BCUT2D eigenvalue weighted by molar-refractivity contribution is 0.138. The van der Waals surface area contributed by atoms with Gasteiger partial charge in [0, 0.05) is 12.0 Å². The third kappa shape index (κ3) is 2.76. The van der Waals surface area contributed by atoms with Crippen molar-refractivity contribution < 1.29 is 9.84 Å². The summed E-state index contributed by atoms with van der Waals surface area (Å²) >= 11 is 12.2. The summed E-state index contributed by atoms with van der Waals surface area (Å²) in [5, 5.41) is 11.4. The standard InChI is InChI=1S/C17H16Cl2O2/c1-17(2)9-11-8-10(6-7-14(11)21-17)16(20)12-4-3-5-13(18)15(12)19/h3-8,16,20H,9H2,1-2H3. The van der Waals surface area contributed by atoms with E-state index < -0.39 is 6.10 Å². The minimum absolute atomic E-state index is 0.195. The van der Waals surface area contributed by atoms with Gasteiger partial charge >= 0.3 is 0 Å². The van der Waals surface area contributed by atoms with Gasteiger partial charge in [-0.05, 0) is 43.2 Å². The molecule has 1 N–H and O–H groups in total. The smallest absolute Gasteiger partial charge is 0.123 e. The number of hydrogen-bond acceptors (Lipinski definition) is 2. The summed E-state index contributed by atoms with van der Waals surface area (Å²) in [6.07, 6.45) is 0.0248. The number of hydrogen-bond donors (Lipinski definition) is 1. The summed E-state index contributed by atoms with van der Waals surface area (Å²) < 4.78 is 5.85. The lowest BCUT2D eigenvalue weighted by atomic mass is 9.96. The van der Waals surface area contributed by atoms with Gasteiger partial charge in [0.25, 0.3) is 0 Å². The van der Waals surface area contributed by atoms with Gasteiger partial charge in [-0.3, -0.25) is 0 Å². The van der Waals surface area contributed by atoms with Crippen LogP contribution in [0.2, 0.25) is 10.0 Å². The molecule has 0 saturated heterocycles. The number of benzene rings is 2. The van der Waals surface area contributed by atoms with Crippen molar-refractivity contribution in [2.75, 3.05) is 0 Å². The number of aliphatic hydroxyl groups excluding tert-OH is 1. The first-order chi connectivity index (χ1) is 9.87. The molecule has 2 aromatic carbocycles. The second-order valence-electron chi connectivity index (χ2n) is 5.95. The molecule has 0 aliphatic carbocycles. The summed E-state index contributed by atoms with van der Waals surface area (Å²) in [6.45, 7) is 4.11. The molecule has 4 heteroatoms. The maximum Gasteiger partial charge on any atom is 0.123 e. The molecule has 2 aromatic rings. The highest BCUT2D eigenvalue weighted by molar-refractivity contribution is 6.42. The quantitative estimate of drug-likeness (QED) is 0.861. The normalized spacial score (nSPS) is 17.2. The Hall–Kier alpha value is -1.22. The average Bonchev–Trinajstić information content (AvgIpc) is 2.73. The summed E-state index contributed by atoms with van der Waals surface area (Å²) in [5.41, 5.74) is 2.32. The maximum absolute atomic E-state index is 10.6. The SMILES string of the molecule is CC1(C)Cc2cc(C(O)c3cccc(Cl)c3Cl)ccc2O1. The molecule has 0 amide bonds. The van der Waals surface area contributed by atoms with E-state index in [2.05, 4.69) is 13.8 Å². The van der Waals surface area contributed by atoms with Crippen LogP contribution in [0.1, 0.15) is 36.6 Å². The fraction of sp³-hybridized carbons (Fsp3) is 0.294. The molecule has 0 fully saturated rings. The van der Waals surface area contributed by atoms with E-state index in [0.717, 1.165) is 23.3 Å². The van der Waals surface area contributed by atoms with E-state index in [1.54, 1.807) is 18.2 Å². The zero-order valence-corrected chi connectivity index (χ0v) is 13.4. The number of fused-ring (bicyclic) bond motifs is 1. The third-order valence-electron chi connectivity index (χ3n) is 3.68. The van der Waals surface area contributed by atoms with Crippen molar-refractivity contribution in [3.63, 3.8) is 0 Å². The van der Waals surface area contributed by atoms with Gasteiger partial charge in [-0.1, -0.05) is 41.4 Å². The largest absolute Gasteiger partial charge is 0.487 e. The maximum atomic E-state index is 10.6. The van der Waals surface area contributed by atoms with E-state index in [0.29, 0.717) is 15.6 Å². The summed E-state index contributed by atoms with van der Waals surface area (Å²) in [6, 6.07) is 11.0. The van der Waals surface area contributed by atoms with Gasteiger partial charge < -0.3 is 9.84 Å². The van der Waals surface area contributed by atoms with Crippen molar-refractivity contribution >= 4 is 23.2 Å². The zero-order chi connectivity index (χ0) is 15.2.